The summed E-state index contributed by atoms with van der Waals surface area (Å²) in [6.07, 6.45) is -1.03. The van der Waals surface area contributed by atoms with Gasteiger partial charge in [0.15, 0.2) is 11.6 Å². The zero-order valence-corrected chi connectivity index (χ0v) is 8.24. The fourth-order valence-electron chi connectivity index (χ4n) is 1.10. The van der Waals surface area contributed by atoms with Crippen LogP contribution in [0.5, 0.6) is 0 Å². The first kappa shape index (κ1) is 12.4. The van der Waals surface area contributed by atoms with Gasteiger partial charge in [0, 0.05) is 6.54 Å². The van der Waals surface area contributed by atoms with Gasteiger partial charge in [-0.3, -0.25) is 0 Å². The molecule has 0 radical (unpaired) electrons. The number of hydrogen-bond donors (Lipinski definition) is 3. The lowest BCUT2D eigenvalue weighted by molar-refractivity contribution is 0.105. The van der Waals surface area contributed by atoms with Crippen LogP contribution < -0.4 is 5.32 Å². The van der Waals surface area contributed by atoms with Crippen LogP contribution >= 0.6 is 0 Å². The van der Waals surface area contributed by atoms with Crippen molar-refractivity contribution in [3.63, 3.8) is 0 Å². The molecule has 0 aliphatic rings. The van der Waals surface area contributed by atoms with Crippen molar-refractivity contribution in [2.75, 3.05) is 18.5 Å². The van der Waals surface area contributed by atoms with Crippen LogP contribution in [0, 0.1) is 23.0 Å². The van der Waals surface area contributed by atoms with Gasteiger partial charge in [0.2, 0.25) is 0 Å². The summed E-state index contributed by atoms with van der Waals surface area (Å²) in [7, 11) is 0. The number of aliphatic hydroxyl groups excluding tert-OH is 2. The summed E-state index contributed by atoms with van der Waals surface area (Å²) in [5, 5.41) is 28.8. The van der Waals surface area contributed by atoms with Crippen molar-refractivity contribution in [1.82, 2.24) is 0 Å². The average molecular weight is 228 g/mol. The molecule has 0 fully saturated rings. The Morgan fingerprint density at radius 1 is 1.44 bits per heavy atom. The van der Waals surface area contributed by atoms with Gasteiger partial charge in [0.25, 0.3) is 0 Å². The Morgan fingerprint density at radius 2 is 2.12 bits per heavy atom. The van der Waals surface area contributed by atoms with Crippen LogP contribution in [0.1, 0.15) is 5.56 Å². The number of rotatable bonds is 4. The molecule has 86 valence electrons. The van der Waals surface area contributed by atoms with Crippen LogP contribution in [-0.4, -0.2) is 29.5 Å². The molecule has 1 unspecified atom stereocenters. The van der Waals surface area contributed by atoms with Gasteiger partial charge in [-0.15, -0.1) is 0 Å². The van der Waals surface area contributed by atoms with Crippen molar-refractivity contribution >= 4 is 5.69 Å². The smallest absolute Gasteiger partial charge is 0.178 e. The number of anilines is 1. The number of halogens is 2. The Labute approximate surface area is 90.8 Å². The predicted molar refractivity (Wildman–Crippen MR) is 52.7 cm³/mol. The summed E-state index contributed by atoms with van der Waals surface area (Å²) < 4.78 is 25.9. The van der Waals surface area contributed by atoms with Gasteiger partial charge in [-0.25, -0.2) is 8.78 Å². The third kappa shape index (κ3) is 2.66. The van der Waals surface area contributed by atoms with E-state index in [1.165, 1.54) is 12.1 Å². The Morgan fingerprint density at radius 3 is 2.69 bits per heavy atom. The van der Waals surface area contributed by atoms with Crippen LogP contribution in [0.4, 0.5) is 14.5 Å². The van der Waals surface area contributed by atoms with Gasteiger partial charge in [-0.05, 0) is 12.1 Å². The van der Waals surface area contributed by atoms with E-state index in [2.05, 4.69) is 5.32 Å². The first-order valence-electron chi connectivity index (χ1n) is 4.51. The number of aliphatic hydroxyl groups is 2. The van der Waals surface area contributed by atoms with Gasteiger partial charge in [-0.2, -0.15) is 5.26 Å². The third-order valence-corrected chi connectivity index (χ3v) is 1.95. The molecule has 4 nitrogen and oxygen atoms in total. The van der Waals surface area contributed by atoms with Crippen LogP contribution in [0.2, 0.25) is 0 Å². The minimum atomic E-state index is -1.23. The Kier molecular flexibility index (Phi) is 4.17. The topological polar surface area (TPSA) is 76.3 Å². The molecule has 0 aliphatic carbocycles. The second kappa shape index (κ2) is 5.39. The molecule has 0 spiro atoms. The molecular weight excluding hydrogens is 218 g/mol. The highest BCUT2D eigenvalue weighted by molar-refractivity contribution is 5.58. The molecule has 0 aromatic heterocycles. The van der Waals surface area contributed by atoms with Crippen LogP contribution in [0.3, 0.4) is 0 Å². The first-order chi connectivity index (χ1) is 7.60. The molecule has 3 N–H and O–H groups in total. The number of nitrogens with zero attached hydrogens (tertiary/aromatic N) is 1. The number of nitrogens with one attached hydrogen (secondary N) is 1. The van der Waals surface area contributed by atoms with Crippen molar-refractivity contribution in [2.24, 2.45) is 0 Å². The van der Waals surface area contributed by atoms with Crippen molar-refractivity contribution in [1.29, 1.82) is 5.26 Å². The van der Waals surface area contributed by atoms with Crippen molar-refractivity contribution < 1.29 is 19.0 Å². The predicted octanol–water partition coefficient (Wildman–Crippen LogP) is 0.602. The SMILES string of the molecule is N#Cc1c(NCC(O)CO)ccc(F)c1F. The lowest BCUT2D eigenvalue weighted by atomic mass is 10.1. The van der Waals surface area contributed by atoms with Crippen LogP contribution in [0.25, 0.3) is 0 Å². The molecule has 1 aromatic carbocycles. The van der Waals surface area contributed by atoms with Crippen molar-refractivity contribution in [3.05, 3.63) is 29.3 Å². The molecule has 16 heavy (non-hydrogen) atoms. The zero-order chi connectivity index (χ0) is 12.1. The molecule has 6 heteroatoms. The van der Waals surface area contributed by atoms with E-state index < -0.39 is 29.9 Å². The summed E-state index contributed by atoms with van der Waals surface area (Å²) in [6, 6.07) is 3.60. The summed E-state index contributed by atoms with van der Waals surface area (Å²) in [5.74, 6) is -2.34. The van der Waals surface area contributed by atoms with E-state index in [0.29, 0.717) is 0 Å². The maximum absolute atomic E-state index is 13.1. The van der Waals surface area contributed by atoms with Gasteiger partial charge in [0.05, 0.1) is 18.4 Å². The fourth-order valence-corrected chi connectivity index (χ4v) is 1.10. The highest BCUT2D eigenvalue weighted by Crippen LogP contribution is 2.20. The number of benzene rings is 1. The van der Waals surface area contributed by atoms with E-state index >= 15 is 0 Å². The Hall–Kier alpha value is -1.71. The maximum Gasteiger partial charge on any atom is 0.178 e. The largest absolute Gasteiger partial charge is 0.394 e. The van der Waals surface area contributed by atoms with E-state index in [1.54, 1.807) is 0 Å². The standard InChI is InChI=1S/C10H10F2N2O2/c11-8-1-2-9(7(3-13)10(8)12)14-4-6(16)5-15/h1-2,6,14-16H,4-5H2. The molecule has 1 aromatic rings. The van der Waals surface area contributed by atoms with Gasteiger partial charge < -0.3 is 15.5 Å². The highest BCUT2D eigenvalue weighted by Gasteiger charge is 2.13. The molecule has 1 atom stereocenters. The van der Waals surface area contributed by atoms with Gasteiger partial charge in [0.1, 0.15) is 11.6 Å². The third-order valence-electron chi connectivity index (χ3n) is 1.95. The minimum Gasteiger partial charge on any atom is -0.394 e. The summed E-state index contributed by atoms with van der Waals surface area (Å²) in [5.41, 5.74) is -0.376. The van der Waals surface area contributed by atoms with E-state index in [1.807, 2.05) is 0 Å². The highest BCUT2D eigenvalue weighted by atomic mass is 19.2. The lowest BCUT2D eigenvalue weighted by Crippen LogP contribution is -2.23. The van der Waals surface area contributed by atoms with Gasteiger partial charge >= 0.3 is 0 Å². The van der Waals surface area contributed by atoms with Crippen molar-refractivity contribution in [2.45, 2.75) is 6.10 Å². The Bertz CT molecular complexity index is 418. The molecule has 1 rings (SSSR count). The monoisotopic (exact) mass is 228 g/mol. The van der Waals surface area contributed by atoms with Crippen molar-refractivity contribution in [3.8, 4) is 6.07 Å². The van der Waals surface area contributed by atoms with E-state index in [4.69, 9.17) is 15.5 Å². The molecule has 0 heterocycles. The molecule has 0 bridgehead atoms. The summed E-state index contributed by atoms with van der Waals surface area (Å²) in [6.45, 7) is -0.519. The molecular formula is C10H10F2N2O2. The average Bonchev–Trinajstić information content (AvgIpc) is 2.30. The maximum atomic E-state index is 13.1. The van der Waals surface area contributed by atoms with Crippen LogP contribution in [-0.2, 0) is 0 Å². The minimum absolute atomic E-state index is 0.0593. The molecule has 0 aliphatic heterocycles. The van der Waals surface area contributed by atoms with Crippen LogP contribution in [0.15, 0.2) is 12.1 Å². The molecule has 0 saturated heterocycles. The lowest BCUT2D eigenvalue weighted by Gasteiger charge is -2.11. The number of hydrogen-bond acceptors (Lipinski definition) is 4. The number of nitriles is 1. The van der Waals surface area contributed by atoms with E-state index in [-0.39, 0.29) is 12.2 Å². The second-order valence-electron chi connectivity index (χ2n) is 3.11. The zero-order valence-electron chi connectivity index (χ0n) is 8.24. The normalized spacial score (nSPS) is 11.9. The fraction of sp³-hybridized carbons (Fsp3) is 0.300. The molecule has 0 saturated carbocycles. The second-order valence-corrected chi connectivity index (χ2v) is 3.11. The molecule has 0 amide bonds. The Balaban J connectivity index is 2.89. The van der Waals surface area contributed by atoms with E-state index in [9.17, 15) is 8.78 Å². The summed E-state index contributed by atoms with van der Waals surface area (Å²) >= 11 is 0. The quantitative estimate of drug-likeness (QED) is 0.705. The first-order valence-corrected chi connectivity index (χ1v) is 4.51. The van der Waals surface area contributed by atoms with Gasteiger partial charge in [-0.1, -0.05) is 0 Å². The summed E-state index contributed by atoms with van der Waals surface area (Å²) in [4.78, 5) is 0. The van der Waals surface area contributed by atoms with E-state index in [0.717, 1.165) is 6.07 Å².